The number of carbonyl (C=O) groups excluding carboxylic acids is 3. The largest absolute Gasteiger partial charge is 0.391 e. The molecule has 3 N–H and O–H groups in total. The molecule has 2 aromatic rings. The normalized spacial score (nSPS) is 19.2. The number of nitrogens with zero attached hydrogens (tertiary/aromatic N) is 2. The summed E-state index contributed by atoms with van der Waals surface area (Å²) in [6.07, 6.45) is -0.715. The van der Waals surface area contributed by atoms with Crippen LogP contribution in [0.3, 0.4) is 0 Å². The molecule has 1 saturated heterocycles. The van der Waals surface area contributed by atoms with Crippen LogP contribution in [0.1, 0.15) is 51.4 Å². The minimum absolute atomic E-state index is 0.0133. The van der Waals surface area contributed by atoms with E-state index in [0.717, 1.165) is 21.7 Å². The second kappa shape index (κ2) is 13.0. The molecule has 1 fully saturated rings. The zero-order valence-electron chi connectivity index (χ0n) is 22.5. The summed E-state index contributed by atoms with van der Waals surface area (Å²) in [5, 5.41) is 16.1. The fraction of sp³-hybridized carbons (Fsp3) is 0.556. The Labute approximate surface area is 232 Å². The van der Waals surface area contributed by atoms with E-state index in [-0.39, 0.29) is 44.0 Å². The molecular formula is C27H37ClN4O5S. The molecule has 208 valence electrons. The molecule has 3 rings (SSSR count). The topological polar surface area (TPSA) is 121 Å². The summed E-state index contributed by atoms with van der Waals surface area (Å²) in [7, 11) is 0. The minimum Gasteiger partial charge on any atom is -0.391 e. The summed E-state index contributed by atoms with van der Waals surface area (Å²) in [4.78, 5) is 46.1. The van der Waals surface area contributed by atoms with Crippen LogP contribution in [-0.2, 0) is 19.1 Å². The number of hydrogen-bond acceptors (Lipinski definition) is 7. The van der Waals surface area contributed by atoms with Crippen LogP contribution in [0.2, 0.25) is 0 Å². The number of aryl methyl sites for hydroxylation is 1. The molecule has 38 heavy (non-hydrogen) atoms. The first-order valence-electron chi connectivity index (χ1n) is 12.6. The molecule has 0 spiro atoms. The van der Waals surface area contributed by atoms with Crippen LogP contribution in [-0.4, -0.2) is 76.5 Å². The van der Waals surface area contributed by atoms with Gasteiger partial charge in [-0.05, 0) is 30.4 Å². The van der Waals surface area contributed by atoms with E-state index in [1.807, 2.05) is 64.4 Å². The number of β-amino-alcohol motifs (C(OH)–C–C–N with tert-alkyl or cyclic N) is 1. The monoisotopic (exact) mass is 564 g/mol. The number of aliphatic hydroxyl groups is 1. The lowest BCUT2D eigenvalue weighted by atomic mass is 9.85. The number of rotatable bonds is 10. The van der Waals surface area contributed by atoms with E-state index in [9.17, 15) is 19.5 Å². The maximum absolute atomic E-state index is 13.6. The van der Waals surface area contributed by atoms with Gasteiger partial charge in [-0.25, -0.2) is 4.98 Å². The molecule has 1 aromatic carbocycles. The number of thiazole rings is 1. The molecule has 1 aliphatic rings. The van der Waals surface area contributed by atoms with Crippen molar-refractivity contribution in [2.24, 2.45) is 5.41 Å². The number of likely N-dealkylation sites (tertiary alicyclic amines) is 1. The van der Waals surface area contributed by atoms with Crippen LogP contribution < -0.4 is 10.6 Å². The van der Waals surface area contributed by atoms with Crippen LogP contribution in [0.5, 0.6) is 0 Å². The van der Waals surface area contributed by atoms with Gasteiger partial charge in [0.15, 0.2) is 0 Å². The van der Waals surface area contributed by atoms with Crippen molar-refractivity contribution in [2.45, 2.75) is 65.3 Å². The highest BCUT2D eigenvalue weighted by atomic mass is 35.5. The Kier molecular flexibility index (Phi) is 10.3. The fourth-order valence-electron chi connectivity index (χ4n) is 4.44. The molecule has 1 aliphatic heterocycles. The second-order valence-corrected chi connectivity index (χ2v) is 11.9. The molecule has 2 heterocycles. The predicted octanol–water partition coefficient (Wildman–Crippen LogP) is 3.04. The van der Waals surface area contributed by atoms with Crippen molar-refractivity contribution in [1.29, 1.82) is 0 Å². The molecule has 4 atom stereocenters. The number of aromatic nitrogens is 1. The van der Waals surface area contributed by atoms with Crippen molar-refractivity contribution in [2.75, 3.05) is 25.6 Å². The first-order valence-corrected chi connectivity index (χ1v) is 14.1. The highest BCUT2D eigenvalue weighted by Gasteiger charge is 2.44. The number of nitrogens with one attached hydrogen (secondary N) is 2. The molecule has 0 unspecified atom stereocenters. The number of halogens is 1. The summed E-state index contributed by atoms with van der Waals surface area (Å²) in [5.41, 5.74) is 4.12. The fourth-order valence-corrected chi connectivity index (χ4v) is 5.36. The quantitative estimate of drug-likeness (QED) is 0.301. The Hall–Kier alpha value is -2.53. The Balaban J connectivity index is 1.69. The summed E-state index contributed by atoms with van der Waals surface area (Å²) in [5.74, 6) is -0.966. The van der Waals surface area contributed by atoms with Gasteiger partial charge in [-0.2, -0.15) is 0 Å². The molecule has 11 heteroatoms. The van der Waals surface area contributed by atoms with E-state index >= 15 is 0 Å². The highest BCUT2D eigenvalue weighted by molar-refractivity contribution is 7.13. The Morgan fingerprint density at radius 3 is 2.50 bits per heavy atom. The van der Waals surface area contributed by atoms with E-state index in [0.29, 0.717) is 0 Å². The third-order valence-electron chi connectivity index (χ3n) is 6.51. The number of carbonyl (C=O) groups is 3. The average molecular weight is 565 g/mol. The van der Waals surface area contributed by atoms with Crippen molar-refractivity contribution in [3.05, 3.63) is 41.0 Å². The maximum atomic E-state index is 13.6. The van der Waals surface area contributed by atoms with Crippen molar-refractivity contribution in [3.8, 4) is 10.4 Å². The first kappa shape index (κ1) is 30.0. The molecule has 0 saturated carbocycles. The number of benzene rings is 1. The van der Waals surface area contributed by atoms with Gasteiger partial charge >= 0.3 is 0 Å². The van der Waals surface area contributed by atoms with Crippen molar-refractivity contribution in [3.63, 3.8) is 0 Å². The average Bonchev–Trinajstić information content (AvgIpc) is 3.47. The highest BCUT2D eigenvalue weighted by Crippen LogP contribution is 2.29. The van der Waals surface area contributed by atoms with Crippen LogP contribution >= 0.6 is 22.9 Å². The number of aliphatic hydroxyl groups excluding tert-OH is 1. The van der Waals surface area contributed by atoms with Gasteiger partial charge in [0.05, 0.1) is 34.8 Å². The van der Waals surface area contributed by atoms with Crippen molar-refractivity contribution < 1.29 is 24.2 Å². The van der Waals surface area contributed by atoms with Crippen LogP contribution in [0.4, 0.5) is 0 Å². The summed E-state index contributed by atoms with van der Waals surface area (Å²) >= 11 is 7.17. The van der Waals surface area contributed by atoms with E-state index in [1.54, 1.807) is 11.3 Å². The number of ether oxygens (including phenoxy) is 1. The number of alkyl halides is 1. The van der Waals surface area contributed by atoms with Gasteiger partial charge in [-0.15, -0.1) is 22.9 Å². The third kappa shape index (κ3) is 7.53. The molecule has 0 radical (unpaired) electrons. The summed E-state index contributed by atoms with van der Waals surface area (Å²) < 4.78 is 5.18. The van der Waals surface area contributed by atoms with E-state index in [4.69, 9.17) is 16.3 Å². The molecule has 0 bridgehead atoms. The zero-order chi connectivity index (χ0) is 28.0. The van der Waals surface area contributed by atoms with Gasteiger partial charge in [0, 0.05) is 18.8 Å². The molecule has 0 aliphatic carbocycles. The van der Waals surface area contributed by atoms with Gasteiger partial charge in [0.2, 0.25) is 17.7 Å². The smallest absolute Gasteiger partial charge is 0.246 e. The molecular weight excluding hydrogens is 528 g/mol. The van der Waals surface area contributed by atoms with Gasteiger partial charge in [-0.1, -0.05) is 45.0 Å². The summed E-state index contributed by atoms with van der Waals surface area (Å²) in [6.45, 7) is 9.34. The SMILES string of the molecule is Cc1ncsc1-c1ccc([C@H](C)NC(=O)[C@@H]2C[C@@H](O)CN2C(=O)[C@@H](NC(=O)COCCCl)C(C)(C)C)cc1. The molecule has 3 amide bonds. The van der Waals surface area contributed by atoms with Crippen molar-refractivity contribution >= 4 is 40.7 Å². The van der Waals surface area contributed by atoms with Crippen molar-refractivity contribution in [1.82, 2.24) is 20.5 Å². The van der Waals surface area contributed by atoms with Gasteiger partial charge in [0.25, 0.3) is 0 Å². The second-order valence-electron chi connectivity index (χ2n) is 10.6. The number of amides is 3. The van der Waals surface area contributed by atoms with Gasteiger partial charge in [0.1, 0.15) is 18.7 Å². The van der Waals surface area contributed by atoms with E-state index < -0.39 is 35.4 Å². The lowest BCUT2D eigenvalue weighted by Gasteiger charge is -2.35. The van der Waals surface area contributed by atoms with Crippen LogP contribution in [0.25, 0.3) is 10.4 Å². The Morgan fingerprint density at radius 2 is 1.92 bits per heavy atom. The van der Waals surface area contributed by atoms with Crippen LogP contribution in [0, 0.1) is 12.3 Å². The summed E-state index contributed by atoms with van der Waals surface area (Å²) in [6, 6.07) is 5.85. The predicted molar refractivity (Wildman–Crippen MR) is 148 cm³/mol. The lowest BCUT2D eigenvalue weighted by Crippen LogP contribution is -2.58. The van der Waals surface area contributed by atoms with E-state index in [1.165, 1.54) is 4.90 Å². The first-order chi connectivity index (χ1) is 17.9. The third-order valence-corrected chi connectivity index (χ3v) is 7.65. The maximum Gasteiger partial charge on any atom is 0.246 e. The van der Waals surface area contributed by atoms with Gasteiger partial charge < -0.3 is 25.4 Å². The van der Waals surface area contributed by atoms with Gasteiger partial charge in [-0.3, -0.25) is 14.4 Å². The standard InChI is InChI=1S/C27H37ClN4O5S/c1-16(18-6-8-19(9-7-18)23-17(2)29-15-38-23)30-25(35)21-12-20(33)13-32(21)26(36)24(27(3,4)5)31-22(34)14-37-11-10-28/h6-9,15-16,20-21,24,33H,10-14H2,1-5H3,(H,30,35)(H,31,34)/t16-,20+,21-,24+/m0/s1. The minimum atomic E-state index is -0.907. The molecule has 9 nitrogen and oxygen atoms in total. The Bertz CT molecular complexity index is 1120. The number of hydrogen-bond donors (Lipinski definition) is 3. The Morgan fingerprint density at radius 1 is 1.24 bits per heavy atom. The van der Waals surface area contributed by atoms with E-state index in [2.05, 4.69) is 15.6 Å². The molecule has 1 aromatic heterocycles. The lowest BCUT2D eigenvalue weighted by molar-refractivity contribution is -0.144. The zero-order valence-corrected chi connectivity index (χ0v) is 24.1. The van der Waals surface area contributed by atoms with Crippen LogP contribution in [0.15, 0.2) is 29.8 Å².